The number of amides is 1. The molecule has 108 valence electrons. The van der Waals surface area contributed by atoms with Gasteiger partial charge in [0.15, 0.2) is 0 Å². The van der Waals surface area contributed by atoms with E-state index in [0.29, 0.717) is 24.0 Å². The minimum Gasteiger partial charge on any atom is -0.463 e. The summed E-state index contributed by atoms with van der Waals surface area (Å²) in [6.45, 7) is 2.77. The molecule has 6 heteroatoms. The summed E-state index contributed by atoms with van der Waals surface area (Å²) in [5.41, 5.74) is 1.15. The molecule has 0 saturated carbocycles. The second kappa shape index (κ2) is 6.49. The zero-order chi connectivity index (χ0) is 14.5. The van der Waals surface area contributed by atoms with Crippen LogP contribution in [0.2, 0.25) is 0 Å². The molecule has 0 spiro atoms. The van der Waals surface area contributed by atoms with Crippen LogP contribution in [0.5, 0.6) is 0 Å². The monoisotopic (exact) mass is 279 g/mol. The zero-order valence-electron chi connectivity index (χ0n) is 11.2. The van der Waals surface area contributed by atoms with Crippen molar-refractivity contribution in [3.8, 4) is 0 Å². The number of rotatable bonds is 5. The van der Waals surface area contributed by atoms with Crippen molar-refractivity contribution in [1.29, 1.82) is 0 Å². The molecular formula is C14H17NO5. The predicted octanol–water partition coefficient (Wildman–Crippen LogP) is 1.16. The normalized spacial score (nSPS) is 17.8. The summed E-state index contributed by atoms with van der Waals surface area (Å²) in [7, 11) is 0. The molecule has 20 heavy (non-hydrogen) atoms. The van der Waals surface area contributed by atoms with Crippen molar-refractivity contribution < 1.29 is 24.3 Å². The lowest BCUT2D eigenvalue weighted by Gasteiger charge is -2.28. The van der Waals surface area contributed by atoms with Crippen LogP contribution in [-0.4, -0.2) is 36.9 Å². The molecule has 0 aromatic heterocycles. The molecule has 1 amide bonds. The summed E-state index contributed by atoms with van der Waals surface area (Å²) in [5, 5.41) is 10.3. The lowest BCUT2D eigenvalue weighted by Crippen LogP contribution is -2.43. The van der Waals surface area contributed by atoms with Crippen LogP contribution >= 0.6 is 0 Å². The first-order valence-corrected chi connectivity index (χ1v) is 6.50. The number of carbonyl (C=O) groups is 2. The summed E-state index contributed by atoms with van der Waals surface area (Å²) in [6.07, 6.45) is 0.236. The molecule has 2 rings (SSSR count). The van der Waals surface area contributed by atoms with Crippen LogP contribution in [-0.2, 0) is 25.5 Å². The van der Waals surface area contributed by atoms with Crippen LogP contribution < -0.4 is 5.06 Å². The third-order valence-corrected chi connectivity index (χ3v) is 3.11. The summed E-state index contributed by atoms with van der Waals surface area (Å²) in [6, 6.07) is 6.91. The van der Waals surface area contributed by atoms with Gasteiger partial charge in [0, 0.05) is 6.61 Å². The second-order valence-corrected chi connectivity index (χ2v) is 4.40. The molecule has 1 aliphatic heterocycles. The molecule has 0 fully saturated rings. The highest BCUT2D eigenvalue weighted by Gasteiger charge is 2.37. The number of ether oxygens (including phenoxy) is 2. The van der Waals surface area contributed by atoms with Gasteiger partial charge >= 0.3 is 5.97 Å². The molecule has 1 atom stereocenters. The van der Waals surface area contributed by atoms with Gasteiger partial charge in [0.1, 0.15) is 12.5 Å². The maximum absolute atomic E-state index is 12.0. The van der Waals surface area contributed by atoms with E-state index in [1.807, 2.05) is 6.92 Å². The number of hydrogen-bond acceptors (Lipinski definition) is 5. The van der Waals surface area contributed by atoms with Crippen LogP contribution in [0.4, 0.5) is 5.69 Å². The van der Waals surface area contributed by atoms with Gasteiger partial charge in [-0.15, -0.1) is 0 Å². The van der Waals surface area contributed by atoms with Crippen molar-refractivity contribution in [3.05, 3.63) is 29.8 Å². The Kier molecular flexibility index (Phi) is 4.70. The van der Waals surface area contributed by atoms with Crippen LogP contribution in [0.1, 0.15) is 12.5 Å². The maximum atomic E-state index is 12.0. The highest BCUT2D eigenvalue weighted by atomic mass is 16.6. The van der Waals surface area contributed by atoms with Gasteiger partial charge in [-0.25, -0.2) is 0 Å². The molecule has 6 nitrogen and oxygen atoms in total. The number of benzene rings is 1. The minimum atomic E-state index is -1.00. The van der Waals surface area contributed by atoms with Crippen molar-refractivity contribution >= 4 is 17.6 Å². The van der Waals surface area contributed by atoms with E-state index in [1.54, 1.807) is 24.3 Å². The molecule has 0 bridgehead atoms. The highest BCUT2D eigenvalue weighted by Crippen LogP contribution is 2.29. The summed E-state index contributed by atoms with van der Waals surface area (Å²) < 4.78 is 10.0. The van der Waals surface area contributed by atoms with Gasteiger partial charge in [-0.1, -0.05) is 18.2 Å². The number of anilines is 1. The second-order valence-electron chi connectivity index (χ2n) is 4.40. The molecule has 0 saturated heterocycles. The molecule has 1 aromatic carbocycles. The molecular weight excluding hydrogens is 262 g/mol. The van der Waals surface area contributed by atoms with E-state index in [2.05, 4.69) is 0 Å². The van der Waals surface area contributed by atoms with E-state index < -0.39 is 17.8 Å². The molecule has 1 aliphatic rings. The Morgan fingerprint density at radius 2 is 2.15 bits per heavy atom. The standard InChI is InChI=1S/C14H17NO5/c1-2-19-7-8-20-14(17)11-9-10-5-3-4-6-12(10)15(18)13(11)16/h3-6,11,18H,2,7-9H2,1H3. The fourth-order valence-corrected chi connectivity index (χ4v) is 2.09. The van der Waals surface area contributed by atoms with Gasteiger partial charge in [-0.3, -0.25) is 14.8 Å². The Morgan fingerprint density at radius 3 is 2.90 bits per heavy atom. The van der Waals surface area contributed by atoms with E-state index >= 15 is 0 Å². The van der Waals surface area contributed by atoms with Gasteiger partial charge in [0.2, 0.25) is 0 Å². The largest absolute Gasteiger partial charge is 0.463 e. The Balaban J connectivity index is 2.03. The van der Waals surface area contributed by atoms with Crippen LogP contribution in [0.3, 0.4) is 0 Å². The Morgan fingerprint density at radius 1 is 1.40 bits per heavy atom. The number of para-hydroxylation sites is 1. The molecule has 1 heterocycles. The number of nitrogens with zero attached hydrogens (tertiary/aromatic N) is 1. The van der Waals surface area contributed by atoms with Crippen LogP contribution in [0.15, 0.2) is 24.3 Å². The topological polar surface area (TPSA) is 76.1 Å². The summed E-state index contributed by atoms with van der Waals surface area (Å²) >= 11 is 0. The van der Waals surface area contributed by atoms with E-state index in [4.69, 9.17) is 9.47 Å². The number of hydroxylamine groups is 1. The lowest BCUT2D eigenvalue weighted by atomic mass is 9.93. The first-order chi connectivity index (χ1) is 9.65. The third kappa shape index (κ3) is 2.97. The minimum absolute atomic E-state index is 0.101. The van der Waals surface area contributed by atoms with Crippen LogP contribution in [0, 0.1) is 5.92 Å². The van der Waals surface area contributed by atoms with E-state index in [1.165, 1.54) is 0 Å². The smallest absolute Gasteiger partial charge is 0.319 e. The van der Waals surface area contributed by atoms with Gasteiger partial charge in [0.25, 0.3) is 5.91 Å². The Hall–Kier alpha value is -1.92. The fraction of sp³-hybridized carbons (Fsp3) is 0.429. The predicted molar refractivity (Wildman–Crippen MR) is 70.4 cm³/mol. The zero-order valence-corrected chi connectivity index (χ0v) is 11.2. The molecule has 1 N–H and O–H groups in total. The van der Waals surface area contributed by atoms with Crippen molar-refractivity contribution in [2.75, 3.05) is 24.9 Å². The Bertz CT molecular complexity index is 502. The first-order valence-electron chi connectivity index (χ1n) is 6.50. The van der Waals surface area contributed by atoms with Gasteiger partial charge in [-0.2, -0.15) is 5.06 Å². The van der Waals surface area contributed by atoms with Gasteiger partial charge in [0.05, 0.1) is 12.3 Å². The summed E-state index contributed by atoms with van der Waals surface area (Å²) in [5.74, 6) is -2.30. The quantitative estimate of drug-likeness (QED) is 0.379. The third-order valence-electron chi connectivity index (χ3n) is 3.11. The number of carbonyl (C=O) groups excluding carboxylic acids is 2. The average Bonchev–Trinajstić information content (AvgIpc) is 2.47. The number of hydrogen-bond donors (Lipinski definition) is 1. The van der Waals surface area contributed by atoms with Crippen molar-refractivity contribution in [3.63, 3.8) is 0 Å². The lowest BCUT2D eigenvalue weighted by molar-refractivity contribution is -0.154. The summed E-state index contributed by atoms with van der Waals surface area (Å²) in [4.78, 5) is 23.9. The molecule has 0 aliphatic carbocycles. The van der Waals surface area contributed by atoms with E-state index in [0.717, 1.165) is 5.56 Å². The van der Waals surface area contributed by atoms with Crippen LogP contribution in [0.25, 0.3) is 0 Å². The van der Waals surface area contributed by atoms with Crippen molar-refractivity contribution in [2.45, 2.75) is 13.3 Å². The first kappa shape index (κ1) is 14.5. The van der Waals surface area contributed by atoms with E-state index in [9.17, 15) is 14.8 Å². The number of fused-ring (bicyclic) bond motifs is 1. The highest BCUT2D eigenvalue weighted by molar-refractivity contribution is 6.07. The molecule has 0 radical (unpaired) electrons. The fourth-order valence-electron chi connectivity index (χ4n) is 2.09. The molecule has 1 unspecified atom stereocenters. The van der Waals surface area contributed by atoms with Gasteiger partial charge in [-0.05, 0) is 25.0 Å². The average molecular weight is 279 g/mol. The SMILES string of the molecule is CCOCCOC(=O)C1Cc2ccccc2N(O)C1=O. The van der Waals surface area contributed by atoms with E-state index in [-0.39, 0.29) is 13.0 Å². The Labute approximate surface area is 116 Å². The molecule has 1 aromatic rings. The maximum Gasteiger partial charge on any atom is 0.319 e. The van der Waals surface area contributed by atoms with Crippen molar-refractivity contribution in [1.82, 2.24) is 0 Å². The van der Waals surface area contributed by atoms with Crippen molar-refractivity contribution in [2.24, 2.45) is 5.92 Å². The van der Waals surface area contributed by atoms with Gasteiger partial charge < -0.3 is 9.47 Å². The number of esters is 1.